The Bertz CT molecular complexity index is 1820. The Morgan fingerprint density at radius 1 is 0.804 bits per heavy atom. The summed E-state index contributed by atoms with van der Waals surface area (Å²) in [7, 11) is -4.53. The van der Waals surface area contributed by atoms with Gasteiger partial charge in [0.25, 0.3) is 5.60 Å². The lowest BCUT2D eigenvalue weighted by Gasteiger charge is -2.39. The molecule has 3 aromatic rings. The van der Waals surface area contributed by atoms with Crippen LogP contribution in [-0.2, 0) is 36.3 Å². The van der Waals surface area contributed by atoms with Crippen LogP contribution < -0.4 is 0 Å². The number of rotatable bonds is 8. The van der Waals surface area contributed by atoms with Crippen LogP contribution in [0.25, 0.3) is 0 Å². The van der Waals surface area contributed by atoms with Gasteiger partial charge in [-0.05, 0) is 93.3 Å². The van der Waals surface area contributed by atoms with E-state index in [4.69, 9.17) is 0 Å². The first kappa shape index (κ1) is 38.5. The molecule has 0 aliphatic heterocycles. The highest BCUT2D eigenvalue weighted by Crippen LogP contribution is 2.54. The van der Waals surface area contributed by atoms with Crippen molar-refractivity contribution < 1.29 is 62.6 Å². The van der Waals surface area contributed by atoms with E-state index in [1.54, 1.807) is 0 Å². The van der Waals surface area contributed by atoms with Crippen LogP contribution in [0.15, 0.2) is 76.6 Å². The third-order valence-corrected chi connectivity index (χ3v) is 12.3. The molecule has 0 aromatic heterocycles. The van der Waals surface area contributed by atoms with Gasteiger partial charge in [0, 0.05) is 22.8 Å². The lowest BCUT2D eigenvalue weighted by Crippen LogP contribution is -2.56. The summed E-state index contributed by atoms with van der Waals surface area (Å²) in [5.74, 6) is -4.49. The molecule has 1 amide bonds. The van der Waals surface area contributed by atoms with E-state index >= 15 is 0 Å². The SMILES string of the molecule is O=C(N=C1CCC(c2ccc(C(OCc3c(F)cccc3F)(C(F)(F)F)C(F)(F)F)cc2)(S(=O)(=O)c2ccc(F)cc2)CC1)C1CCC(O)CC1. The molecule has 0 bridgehead atoms. The highest BCUT2D eigenvalue weighted by Gasteiger charge is 2.73. The van der Waals surface area contributed by atoms with Crippen LogP contribution in [0.3, 0.4) is 0 Å². The summed E-state index contributed by atoms with van der Waals surface area (Å²) in [5, 5.41) is 9.75. The topological polar surface area (TPSA) is 93.0 Å². The highest BCUT2D eigenvalue weighted by molar-refractivity contribution is 7.92. The van der Waals surface area contributed by atoms with E-state index in [2.05, 4.69) is 9.73 Å². The average molecular weight is 750 g/mol. The molecular weight excluding hydrogens is 717 g/mol. The molecular formula is C35H32F9NO5S. The normalized spacial score (nSPS) is 22.1. The number of aliphatic hydroxyl groups excluding tert-OH is 1. The molecule has 0 saturated heterocycles. The number of benzene rings is 3. The molecule has 0 radical (unpaired) electrons. The number of halogens is 9. The Kier molecular flexibility index (Phi) is 10.8. The minimum Gasteiger partial charge on any atom is -0.393 e. The fraction of sp³-hybridized carbons (Fsp3) is 0.429. The predicted octanol–water partition coefficient (Wildman–Crippen LogP) is 8.40. The molecule has 3 aromatic carbocycles. The first-order chi connectivity index (χ1) is 23.8. The van der Waals surface area contributed by atoms with Crippen LogP contribution in [0.5, 0.6) is 0 Å². The number of aliphatic hydroxyl groups is 1. The van der Waals surface area contributed by atoms with E-state index in [0.717, 1.165) is 42.5 Å². The summed E-state index contributed by atoms with van der Waals surface area (Å²) in [4.78, 5) is 16.7. The van der Waals surface area contributed by atoms with Gasteiger partial charge in [0.05, 0.1) is 17.6 Å². The monoisotopic (exact) mass is 749 g/mol. The third kappa shape index (κ3) is 7.31. The fourth-order valence-electron chi connectivity index (χ4n) is 6.77. The zero-order valence-electron chi connectivity index (χ0n) is 26.7. The first-order valence-electron chi connectivity index (χ1n) is 15.9. The van der Waals surface area contributed by atoms with E-state index < -0.39 is 85.7 Å². The Morgan fingerprint density at radius 2 is 1.33 bits per heavy atom. The maximum atomic E-state index is 14.5. The number of nitrogens with zero attached hydrogens (tertiary/aromatic N) is 1. The summed E-state index contributed by atoms with van der Waals surface area (Å²) < 4.78 is 160. The van der Waals surface area contributed by atoms with E-state index in [0.29, 0.717) is 55.7 Å². The van der Waals surface area contributed by atoms with Gasteiger partial charge in [-0.2, -0.15) is 26.3 Å². The predicted molar refractivity (Wildman–Crippen MR) is 166 cm³/mol. The minimum atomic E-state index is -6.22. The van der Waals surface area contributed by atoms with Crippen LogP contribution >= 0.6 is 0 Å². The number of carbonyl (C=O) groups excluding carboxylic acids is 1. The molecule has 0 atom stereocenters. The van der Waals surface area contributed by atoms with Gasteiger partial charge < -0.3 is 9.84 Å². The van der Waals surface area contributed by atoms with E-state index in [1.807, 2.05) is 0 Å². The van der Waals surface area contributed by atoms with Crippen molar-refractivity contribution in [1.29, 1.82) is 0 Å². The van der Waals surface area contributed by atoms with Crippen LogP contribution in [0.2, 0.25) is 0 Å². The number of alkyl halides is 6. The zero-order chi connectivity index (χ0) is 37.4. The second-order valence-corrected chi connectivity index (χ2v) is 15.0. The number of aliphatic imine (C=N–C) groups is 1. The average Bonchev–Trinajstić information content (AvgIpc) is 3.06. The second kappa shape index (κ2) is 14.3. The number of hydrogen-bond donors (Lipinski definition) is 1. The molecule has 2 saturated carbocycles. The maximum Gasteiger partial charge on any atom is 0.430 e. The number of ether oxygens (including phenoxy) is 1. The number of hydrogen-bond acceptors (Lipinski definition) is 5. The highest BCUT2D eigenvalue weighted by atomic mass is 32.2. The molecule has 2 aliphatic rings. The Morgan fingerprint density at radius 3 is 1.84 bits per heavy atom. The molecule has 2 fully saturated rings. The molecule has 5 rings (SSSR count). The molecule has 16 heteroatoms. The standard InChI is InChI=1S/C35H32F9NO5S/c36-24-10-14-27(15-11-24)51(48,49)32(18-16-25(17-19-32)45-31(47)21-4-12-26(46)13-5-21)22-6-8-23(9-7-22)33(34(39,40)41,35(42,43)44)50-20-28-29(37)2-1-3-30(28)38/h1-3,6-11,14-15,21,26,46H,4-5,12-13,16-20H2. The first-order valence-corrected chi connectivity index (χ1v) is 17.4. The van der Waals surface area contributed by atoms with Crippen molar-refractivity contribution in [2.45, 2.75) is 91.7 Å². The fourth-order valence-corrected chi connectivity index (χ4v) is 8.90. The molecule has 0 heterocycles. The second-order valence-electron chi connectivity index (χ2n) is 12.7. The van der Waals surface area contributed by atoms with E-state index in [1.165, 1.54) is 0 Å². The molecule has 1 N–H and O–H groups in total. The Balaban J connectivity index is 1.54. The summed E-state index contributed by atoms with van der Waals surface area (Å²) >= 11 is 0. The minimum absolute atomic E-state index is 0.0738. The zero-order valence-corrected chi connectivity index (χ0v) is 27.5. The smallest absolute Gasteiger partial charge is 0.393 e. The number of amides is 1. The summed E-state index contributed by atoms with van der Waals surface area (Å²) in [6.07, 6.45) is -12.0. The van der Waals surface area contributed by atoms with Crippen molar-refractivity contribution in [3.8, 4) is 0 Å². The quantitative estimate of drug-likeness (QED) is 0.185. The Hall–Kier alpha value is -3.76. The van der Waals surface area contributed by atoms with Gasteiger partial charge in [-0.1, -0.05) is 30.3 Å². The summed E-state index contributed by atoms with van der Waals surface area (Å²) in [6.45, 7) is -1.76. The van der Waals surface area contributed by atoms with Crippen LogP contribution in [-0.4, -0.2) is 43.6 Å². The van der Waals surface area contributed by atoms with Gasteiger partial charge >= 0.3 is 12.4 Å². The van der Waals surface area contributed by atoms with Gasteiger partial charge in [-0.15, -0.1) is 0 Å². The lowest BCUT2D eigenvalue weighted by atomic mass is 9.80. The van der Waals surface area contributed by atoms with Crippen molar-refractivity contribution in [2.75, 3.05) is 0 Å². The molecule has 6 nitrogen and oxygen atoms in total. The van der Waals surface area contributed by atoms with Gasteiger partial charge in [-0.25, -0.2) is 26.6 Å². The van der Waals surface area contributed by atoms with Crippen LogP contribution in [0, 0.1) is 23.4 Å². The maximum absolute atomic E-state index is 14.5. The van der Waals surface area contributed by atoms with Crippen molar-refractivity contribution >= 4 is 21.5 Å². The number of sulfone groups is 1. The Labute approximate surface area is 287 Å². The van der Waals surface area contributed by atoms with Crippen LogP contribution in [0.4, 0.5) is 39.5 Å². The number of carbonyl (C=O) groups is 1. The van der Waals surface area contributed by atoms with E-state index in [9.17, 15) is 57.8 Å². The van der Waals surface area contributed by atoms with Crippen molar-refractivity contribution in [1.82, 2.24) is 0 Å². The van der Waals surface area contributed by atoms with Gasteiger partial charge in [0.1, 0.15) is 22.2 Å². The summed E-state index contributed by atoms with van der Waals surface area (Å²) in [5.41, 5.74) is -7.62. The van der Waals surface area contributed by atoms with Gasteiger partial charge in [0.2, 0.25) is 5.91 Å². The third-order valence-electron chi connectivity index (χ3n) is 9.70. The van der Waals surface area contributed by atoms with Crippen LogP contribution in [0.1, 0.15) is 68.1 Å². The van der Waals surface area contributed by atoms with Crippen molar-refractivity contribution in [3.63, 3.8) is 0 Å². The van der Waals surface area contributed by atoms with Gasteiger partial charge in [0.15, 0.2) is 9.84 Å². The molecule has 51 heavy (non-hydrogen) atoms. The largest absolute Gasteiger partial charge is 0.430 e. The molecule has 0 unspecified atom stereocenters. The van der Waals surface area contributed by atoms with E-state index in [-0.39, 0.29) is 36.1 Å². The van der Waals surface area contributed by atoms with Crippen molar-refractivity contribution in [2.24, 2.45) is 10.9 Å². The summed E-state index contributed by atoms with van der Waals surface area (Å²) in [6, 6.07) is 8.26. The lowest BCUT2D eigenvalue weighted by molar-refractivity contribution is -0.392. The van der Waals surface area contributed by atoms with Crippen molar-refractivity contribution in [3.05, 3.63) is 101 Å². The molecule has 276 valence electrons. The molecule has 2 aliphatic carbocycles. The molecule has 0 spiro atoms. The van der Waals surface area contributed by atoms with Gasteiger partial charge in [-0.3, -0.25) is 4.79 Å².